The molecule has 3 aromatic rings. The minimum atomic E-state index is -0.391. The third-order valence-corrected chi connectivity index (χ3v) is 5.13. The van der Waals surface area contributed by atoms with Crippen molar-refractivity contribution in [2.24, 2.45) is 5.92 Å². The van der Waals surface area contributed by atoms with E-state index in [1.807, 2.05) is 68.4 Å². The van der Waals surface area contributed by atoms with E-state index in [4.69, 9.17) is 9.84 Å². The average molecular weight is 418 g/mol. The molecule has 1 aliphatic carbocycles. The van der Waals surface area contributed by atoms with Crippen LogP contribution in [0.4, 0.5) is 5.69 Å². The van der Waals surface area contributed by atoms with Crippen LogP contribution in [0, 0.1) is 5.92 Å². The monoisotopic (exact) mass is 417 g/mol. The Labute approximate surface area is 182 Å². The topological polar surface area (TPSA) is 73.2 Å². The summed E-state index contributed by atoms with van der Waals surface area (Å²) in [7, 11) is 0. The summed E-state index contributed by atoms with van der Waals surface area (Å²) < 4.78 is 7.39. The lowest BCUT2D eigenvalue weighted by Gasteiger charge is -2.11. The Bertz CT molecular complexity index is 1080. The van der Waals surface area contributed by atoms with Crippen LogP contribution in [-0.4, -0.2) is 21.7 Å². The third-order valence-electron chi connectivity index (χ3n) is 5.13. The number of para-hydroxylation sites is 1. The van der Waals surface area contributed by atoms with E-state index in [9.17, 15) is 9.59 Å². The highest BCUT2D eigenvalue weighted by Gasteiger charge is 2.34. The van der Waals surface area contributed by atoms with E-state index in [2.05, 4.69) is 5.32 Å². The first-order chi connectivity index (χ1) is 14.9. The summed E-state index contributed by atoms with van der Waals surface area (Å²) in [5.74, 6) is 0.699. The zero-order valence-electron chi connectivity index (χ0n) is 18.1. The van der Waals surface area contributed by atoms with Crippen LogP contribution >= 0.6 is 0 Å². The number of benzene rings is 2. The van der Waals surface area contributed by atoms with Gasteiger partial charge in [-0.2, -0.15) is 9.78 Å². The first-order valence-electron chi connectivity index (χ1n) is 10.7. The number of carbonyl (C=O) groups is 2. The van der Waals surface area contributed by atoms with Crippen LogP contribution in [0.1, 0.15) is 51.6 Å². The summed E-state index contributed by atoms with van der Waals surface area (Å²) in [6, 6.07) is 17.3. The number of carbonyl (C=O) groups excluding carboxylic acids is 2. The lowest BCUT2D eigenvalue weighted by atomic mass is 10.0. The maximum Gasteiger partial charge on any atom is 0.309 e. The molecule has 0 aliphatic heterocycles. The van der Waals surface area contributed by atoms with Crippen molar-refractivity contribution in [3.8, 4) is 22.7 Å². The smallest absolute Gasteiger partial charge is 0.309 e. The molecule has 1 saturated carbocycles. The molecule has 1 heterocycles. The molecule has 4 rings (SSSR count). The van der Waals surface area contributed by atoms with Crippen molar-refractivity contribution in [2.45, 2.75) is 46.0 Å². The molecule has 0 radical (unpaired) electrons. The number of esters is 1. The highest BCUT2D eigenvalue weighted by molar-refractivity contribution is 5.91. The summed E-state index contributed by atoms with van der Waals surface area (Å²) in [6.45, 7) is 5.43. The Hall–Kier alpha value is -3.41. The maximum absolute atomic E-state index is 12.1. The number of anilines is 1. The first kappa shape index (κ1) is 20.8. The van der Waals surface area contributed by atoms with Gasteiger partial charge in [0.25, 0.3) is 0 Å². The van der Waals surface area contributed by atoms with E-state index in [1.165, 1.54) is 6.92 Å². The summed E-state index contributed by atoms with van der Waals surface area (Å²) in [4.78, 5) is 24.0. The molecule has 0 unspecified atom stereocenters. The second-order valence-corrected chi connectivity index (χ2v) is 8.40. The van der Waals surface area contributed by atoms with E-state index in [-0.39, 0.29) is 5.91 Å². The number of amides is 1. The molecule has 6 nitrogen and oxygen atoms in total. The predicted molar refractivity (Wildman–Crippen MR) is 120 cm³/mol. The van der Waals surface area contributed by atoms with E-state index in [0.29, 0.717) is 24.1 Å². The zero-order valence-corrected chi connectivity index (χ0v) is 18.1. The minimum Gasteiger partial charge on any atom is -0.407 e. The van der Waals surface area contributed by atoms with Crippen molar-refractivity contribution in [3.63, 3.8) is 0 Å². The fraction of sp³-hybridized carbons (Fsp3) is 0.320. The van der Waals surface area contributed by atoms with Crippen molar-refractivity contribution in [1.29, 1.82) is 0 Å². The molecule has 2 aromatic carbocycles. The van der Waals surface area contributed by atoms with Gasteiger partial charge in [0.05, 0.1) is 16.9 Å². The number of aromatic nitrogens is 2. The van der Waals surface area contributed by atoms with Gasteiger partial charge in [-0.25, -0.2) is 0 Å². The lowest BCUT2D eigenvalue weighted by molar-refractivity contribution is -0.132. The molecule has 1 N–H and O–H groups in total. The van der Waals surface area contributed by atoms with Crippen molar-refractivity contribution < 1.29 is 14.3 Å². The molecule has 6 heteroatoms. The molecular weight excluding hydrogens is 390 g/mol. The molecule has 31 heavy (non-hydrogen) atoms. The van der Waals surface area contributed by atoms with Crippen LogP contribution in [0.5, 0.6) is 5.88 Å². The zero-order chi connectivity index (χ0) is 22.0. The van der Waals surface area contributed by atoms with E-state index in [1.54, 1.807) is 4.68 Å². The maximum atomic E-state index is 12.1. The van der Waals surface area contributed by atoms with Crippen LogP contribution < -0.4 is 10.1 Å². The fourth-order valence-corrected chi connectivity index (χ4v) is 3.61. The molecule has 0 bridgehead atoms. The second kappa shape index (κ2) is 8.76. The van der Waals surface area contributed by atoms with Gasteiger partial charge in [-0.05, 0) is 48.6 Å². The van der Waals surface area contributed by atoms with E-state index < -0.39 is 5.97 Å². The van der Waals surface area contributed by atoms with Gasteiger partial charge in [0, 0.05) is 24.9 Å². The summed E-state index contributed by atoms with van der Waals surface area (Å²) in [5.41, 5.74) is 4.26. The Morgan fingerprint density at radius 1 is 1.10 bits per heavy atom. The molecule has 1 aromatic heterocycles. The van der Waals surface area contributed by atoms with Crippen LogP contribution in [0.3, 0.4) is 0 Å². The lowest BCUT2D eigenvalue weighted by Crippen LogP contribution is -2.13. The number of nitrogens with one attached hydrogen (secondary N) is 1. The van der Waals surface area contributed by atoms with Crippen LogP contribution in [-0.2, 0) is 9.59 Å². The molecule has 160 valence electrons. The largest absolute Gasteiger partial charge is 0.407 e. The van der Waals surface area contributed by atoms with Gasteiger partial charge in [0.15, 0.2) is 0 Å². The number of hydrogen-bond acceptors (Lipinski definition) is 4. The van der Waals surface area contributed by atoms with Gasteiger partial charge in [0.2, 0.25) is 11.8 Å². The normalized spacial score (nSPS) is 13.3. The Kier molecular flexibility index (Phi) is 5.89. The predicted octanol–water partition coefficient (Wildman–Crippen LogP) is 5.33. The molecule has 0 spiro atoms. The van der Waals surface area contributed by atoms with Gasteiger partial charge in [-0.3, -0.25) is 9.59 Å². The summed E-state index contributed by atoms with van der Waals surface area (Å²) in [6.07, 6.45) is 2.62. The van der Waals surface area contributed by atoms with Gasteiger partial charge in [0.1, 0.15) is 0 Å². The molecule has 0 atom stereocenters. The number of nitrogens with zero attached hydrogens (tertiary/aromatic N) is 2. The standard InChI is InChI=1S/C25H27N3O3/c1-16(2)15-22(30)26-20-13-11-18(12-14-20)23-24(19-9-10-19)27-28(25(23)31-17(3)29)21-7-5-4-6-8-21/h4-8,11-14,16,19H,9-10,15H2,1-3H3,(H,26,30). The van der Waals surface area contributed by atoms with Crippen LogP contribution in [0.15, 0.2) is 54.6 Å². The fourth-order valence-electron chi connectivity index (χ4n) is 3.61. The Balaban J connectivity index is 1.74. The Morgan fingerprint density at radius 2 is 1.77 bits per heavy atom. The molecular formula is C25H27N3O3. The molecule has 1 fully saturated rings. The molecule has 0 saturated heterocycles. The highest BCUT2D eigenvalue weighted by atomic mass is 16.5. The van der Waals surface area contributed by atoms with Crippen molar-refractivity contribution >= 4 is 17.6 Å². The second-order valence-electron chi connectivity index (χ2n) is 8.40. The van der Waals surface area contributed by atoms with E-state index in [0.717, 1.165) is 41.0 Å². The van der Waals surface area contributed by atoms with Crippen molar-refractivity contribution in [3.05, 3.63) is 60.3 Å². The summed E-state index contributed by atoms with van der Waals surface area (Å²) in [5, 5.41) is 7.78. The quantitative estimate of drug-likeness (QED) is 0.528. The van der Waals surface area contributed by atoms with Crippen molar-refractivity contribution in [1.82, 2.24) is 9.78 Å². The van der Waals surface area contributed by atoms with Gasteiger partial charge in [-0.15, -0.1) is 0 Å². The third kappa shape index (κ3) is 4.85. The number of rotatable bonds is 7. The highest BCUT2D eigenvalue weighted by Crippen LogP contribution is 2.48. The van der Waals surface area contributed by atoms with Crippen LogP contribution in [0.25, 0.3) is 16.8 Å². The first-order valence-corrected chi connectivity index (χ1v) is 10.7. The summed E-state index contributed by atoms with van der Waals surface area (Å²) >= 11 is 0. The SMILES string of the molecule is CC(=O)Oc1c(-c2ccc(NC(=O)CC(C)C)cc2)c(C2CC2)nn1-c1ccccc1. The number of hydrogen-bond donors (Lipinski definition) is 1. The average Bonchev–Trinajstić information content (AvgIpc) is 3.50. The molecule has 1 aliphatic rings. The van der Waals surface area contributed by atoms with Crippen molar-refractivity contribution in [2.75, 3.05) is 5.32 Å². The van der Waals surface area contributed by atoms with Gasteiger partial charge >= 0.3 is 5.97 Å². The molecule has 1 amide bonds. The Morgan fingerprint density at radius 3 is 2.35 bits per heavy atom. The minimum absolute atomic E-state index is 0.00100. The number of ether oxygens (including phenoxy) is 1. The van der Waals surface area contributed by atoms with Gasteiger partial charge in [-0.1, -0.05) is 44.2 Å². The van der Waals surface area contributed by atoms with E-state index >= 15 is 0 Å². The van der Waals surface area contributed by atoms with Gasteiger partial charge < -0.3 is 10.1 Å². The van der Waals surface area contributed by atoms with Crippen LogP contribution in [0.2, 0.25) is 0 Å².